The minimum absolute atomic E-state index is 0.0428. The van der Waals surface area contributed by atoms with Gasteiger partial charge in [0.2, 0.25) is 0 Å². The fourth-order valence-corrected chi connectivity index (χ4v) is 2.41. The largest absolute Gasteiger partial charge is 0.416 e. The first-order chi connectivity index (χ1) is 12.2. The number of halogens is 3. The number of hydrogen-bond acceptors (Lipinski definition) is 5. The van der Waals surface area contributed by atoms with E-state index in [1.807, 2.05) is 0 Å². The SMILES string of the molecule is Cc1c(C(=O)n2ncc(C#N)c2N)cnn1-c1cccc(C(F)(F)F)c1. The summed E-state index contributed by atoms with van der Waals surface area (Å²) in [5.41, 5.74) is 5.47. The van der Waals surface area contributed by atoms with E-state index in [-0.39, 0.29) is 22.6 Å². The fraction of sp³-hybridized carbons (Fsp3) is 0.125. The second-order valence-corrected chi connectivity index (χ2v) is 5.38. The molecule has 0 aliphatic carbocycles. The van der Waals surface area contributed by atoms with E-state index >= 15 is 0 Å². The number of carbonyl (C=O) groups is 1. The van der Waals surface area contributed by atoms with E-state index in [9.17, 15) is 18.0 Å². The molecule has 26 heavy (non-hydrogen) atoms. The number of anilines is 1. The van der Waals surface area contributed by atoms with Gasteiger partial charge in [-0.1, -0.05) is 6.07 Å². The van der Waals surface area contributed by atoms with Crippen molar-refractivity contribution in [2.24, 2.45) is 0 Å². The minimum atomic E-state index is -4.49. The summed E-state index contributed by atoms with van der Waals surface area (Å²) >= 11 is 0. The Morgan fingerprint density at radius 2 is 2.00 bits per heavy atom. The van der Waals surface area contributed by atoms with Gasteiger partial charge < -0.3 is 5.73 Å². The van der Waals surface area contributed by atoms with Crippen LogP contribution in [0.5, 0.6) is 0 Å². The number of nitriles is 1. The smallest absolute Gasteiger partial charge is 0.382 e. The van der Waals surface area contributed by atoms with Crippen LogP contribution in [0.25, 0.3) is 5.69 Å². The predicted molar refractivity (Wildman–Crippen MR) is 84.4 cm³/mol. The van der Waals surface area contributed by atoms with Gasteiger partial charge in [0.15, 0.2) is 0 Å². The number of aromatic nitrogens is 4. The van der Waals surface area contributed by atoms with Gasteiger partial charge in [-0.25, -0.2) is 4.68 Å². The van der Waals surface area contributed by atoms with E-state index in [0.717, 1.165) is 23.0 Å². The Morgan fingerprint density at radius 3 is 2.62 bits per heavy atom. The van der Waals surface area contributed by atoms with Crippen LogP contribution in [0.3, 0.4) is 0 Å². The Kier molecular flexibility index (Phi) is 4.00. The van der Waals surface area contributed by atoms with Gasteiger partial charge in [0.25, 0.3) is 5.91 Å². The lowest BCUT2D eigenvalue weighted by molar-refractivity contribution is -0.137. The zero-order valence-corrected chi connectivity index (χ0v) is 13.3. The highest BCUT2D eigenvalue weighted by molar-refractivity contribution is 5.98. The molecule has 2 aromatic heterocycles. The summed E-state index contributed by atoms with van der Waals surface area (Å²) in [5, 5.41) is 16.6. The van der Waals surface area contributed by atoms with Crippen molar-refractivity contribution in [2.45, 2.75) is 13.1 Å². The average molecular weight is 360 g/mol. The number of nitrogens with two attached hydrogens (primary N) is 1. The number of benzene rings is 1. The minimum Gasteiger partial charge on any atom is -0.382 e. The van der Waals surface area contributed by atoms with Crippen molar-refractivity contribution >= 4 is 11.7 Å². The summed E-state index contributed by atoms with van der Waals surface area (Å²) in [6.45, 7) is 1.53. The van der Waals surface area contributed by atoms with Gasteiger partial charge in [0.05, 0.1) is 34.9 Å². The van der Waals surface area contributed by atoms with Crippen LogP contribution in [0.1, 0.15) is 27.2 Å². The summed E-state index contributed by atoms with van der Waals surface area (Å²) in [4.78, 5) is 12.6. The van der Waals surface area contributed by atoms with Crippen molar-refractivity contribution in [3.8, 4) is 11.8 Å². The van der Waals surface area contributed by atoms with E-state index in [4.69, 9.17) is 11.0 Å². The number of nitrogens with zero attached hydrogens (tertiary/aromatic N) is 5. The molecule has 3 aromatic rings. The molecule has 0 atom stereocenters. The first kappa shape index (κ1) is 17.2. The van der Waals surface area contributed by atoms with E-state index < -0.39 is 17.6 Å². The molecule has 7 nitrogen and oxygen atoms in total. The maximum atomic E-state index is 12.9. The maximum absolute atomic E-state index is 12.9. The van der Waals surface area contributed by atoms with Gasteiger partial charge in [0.1, 0.15) is 17.5 Å². The van der Waals surface area contributed by atoms with Gasteiger partial charge in [-0.05, 0) is 25.1 Å². The average Bonchev–Trinajstić information content (AvgIpc) is 3.16. The third kappa shape index (κ3) is 2.79. The molecule has 2 heterocycles. The highest BCUT2D eigenvalue weighted by atomic mass is 19.4. The van der Waals surface area contributed by atoms with Gasteiger partial charge in [-0.2, -0.15) is 33.3 Å². The third-order valence-electron chi connectivity index (χ3n) is 3.78. The molecule has 2 N–H and O–H groups in total. The lowest BCUT2D eigenvalue weighted by Gasteiger charge is -2.10. The van der Waals surface area contributed by atoms with Crippen LogP contribution in [0.15, 0.2) is 36.7 Å². The summed E-state index contributed by atoms with van der Waals surface area (Å²) in [6.07, 6.45) is -2.13. The van der Waals surface area contributed by atoms with E-state index in [1.165, 1.54) is 29.9 Å². The second kappa shape index (κ2) is 6.03. The normalized spacial score (nSPS) is 11.3. The molecule has 1 aromatic carbocycles. The van der Waals surface area contributed by atoms with Crippen LogP contribution >= 0.6 is 0 Å². The Morgan fingerprint density at radius 1 is 1.27 bits per heavy atom. The summed E-state index contributed by atoms with van der Waals surface area (Å²) in [5.74, 6) is -0.761. The van der Waals surface area contributed by atoms with Crippen molar-refractivity contribution in [3.05, 3.63) is 59.0 Å². The van der Waals surface area contributed by atoms with Crippen molar-refractivity contribution in [1.29, 1.82) is 5.26 Å². The van der Waals surface area contributed by atoms with Crippen molar-refractivity contribution < 1.29 is 18.0 Å². The molecule has 10 heteroatoms. The molecule has 0 fully saturated rings. The molecule has 0 saturated carbocycles. The van der Waals surface area contributed by atoms with Gasteiger partial charge >= 0.3 is 6.18 Å². The van der Waals surface area contributed by atoms with Gasteiger partial charge in [-0.15, -0.1) is 0 Å². The summed E-state index contributed by atoms with van der Waals surface area (Å²) in [6, 6.07) is 6.38. The highest BCUT2D eigenvalue weighted by Crippen LogP contribution is 2.30. The number of rotatable bonds is 2. The van der Waals surface area contributed by atoms with E-state index in [1.54, 1.807) is 6.07 Å². The van der Waals surface area contributed by atoms with Crippen LogP contribution < -0.4 is 5.73 Å². The molecule has 0 saturated heterocycles. The maximum Gasteiger partial charge on any atom is 0.416 e. The molecule has 3 rings (SSSR count). The fourth-order valence-electron chi connectivity index (χ4n) is 2.41. The molecule has 0 unspecified atom stereocenters. The van der Waals surface area contributed by atoms with Crippen molar-refractivity contribution in [2.75, 3.05) is 5.73 Å². The summed E-state index contributed by atoms with van der Waals surface area (Å²) in [7, 11) is 0. The Hall–Kier alpha value is -3.61. The Balaban J connectivity index is 2.02. The lowest BCUT2D eigenvalue weighted by atomic mass is 10.2. The van der Waals surface area contributed by atoms with Gasteiger partial charge in [-0.3, -0.25) is 4.79 Å². The number of hydrogen-bond donors (Lipinski definition) is 1. The molecule has 0 aliphatic rings. The predicted octanol–water partition coefficient (Wildman–Crippen LogP) is 2.54. The monoisotopic (exact) mass is 360 g/mol. The van der Waals surface area contributed by atoms with Crippen LogP contribution in [-0.4, -0.2) is 25.5 Å². The van der Waals surface area contributed by atoms with E-state index in [0.29, 0.717) is 5.69 Å². The molecule has 0 aliphatic heterocycles. The second-order valence-electron chi connectivity index (χ2n) is 5.38. The molecule has 0 spiro atoms. The van der Waals surface area contributed by atoms with E-state index in [2.05, 4.69) is 10.2 Å². The number of nitrogen functional groups attached to an aromatic ring is 1. The topological polar surface area (TPSA) is 103 Å². The molecular formula is C16H11F3N6O. The molecule has 132 valence electrons. The Labute approximate surface area is 145 Å². The molecular weight excluding hydrogens is 349 g/mol. The van der Waals surface area contributed by atoms with Gasteiger partial charge in [0, 0.05) is 0 Å². The van der Waals surface area contributed by atoms with Crippen molar-refractivity contribution in [3.63, 3.8) is 0 Å². The summed E-state index contributed by atoms with van der Waals surface area (Å²) < 4.78 is 40.7. The first-order valence-corrected chi connectivity index (χ1v) is 7.24. The number of alkyl halides is 3. The quantitative estimate of drug-likeness (QED) is 0.756. The van der Waals surface area contributed by atoms with Crippen LogP contribution in [0.4, 0.5) is 19.0 Å². The van der Waals surface area contributed by atoms with Crippen molar-refractivity contribution in [1.82, 2.24) is 19.6 Å². The molecule has 0 amide bonds. The molecule has 0 radical (unpaired) electrons. The zero-order chi connectivity index (χ0) is 19.1. The highest BCUT2D eigenvalue weighted by Gasteiger charge is 2.31. The standard InChI is InChI=1S/C16H11F3N6O/c1-9-13(15(26)25-14(21)10(6-20)7-22-25)8-23-24(9)12-4-2-3-11(5-12)16(17,18)19/h2-5,7-8H,21H2,1H3. The zero-order valence-electron chi connectivity index (χ0n) is 13.3. The Bertz CT molecular complexity index is 1040. The lowest BCUT2D eigenvalue weighted by Crippen LogP contribution is -2.17. The van der Waals surface area contributed by atoms with Crippen LogP contribution in [0.2, 0.25) is 0 Å². The molecule has 0 bridgehead atoms. The first-order valence-electron chi connectivity index (χ1n) is 7.24. The van der Waals surface area contributed by atoms with Crippen LogP contribution in [0, 0.1) is 18.3 Å². The third-order valence-corrected chi connectivity index (χ3v) is 3.78. The number of carbonyl (C=O) groups excluding carboxylic acids is 1. The van der Waals surface area contributed by atoms with Crippen LogP contribution in [-0.2, 0) is 6.18 Å².